The molecular formula is C22H22BrN3O3. The highest BCUT2D eigenvalue weighted by molar-refractivity contribution is 9.10. The molecule has 1 amide bonds. The van der Waals surface area contributed by atoms with Crippen LogP contribution in [0.2, 0.25) is 0 Å². The molecule has 0 fully saturated rings. The summed E-state index contributed by atoms with van der Waals surface area (Å²) in [6, 6.07) is 9.36. The van der Waals surface area contributed by atoms with Crippen LogP contribution in [-0.4, -0.2) is 28.7 Å². The number of rotatable bonds is 4. The van der Waals surface area contributed by atoms with Crippen molar-refractivity contribution < 1.29 is 14.3 Å². The number of nitrogens with zero attached hydrogens (tertiary/aromatic N) is 2. The van der Waals surface area contributed by atoms with Crippen molar-refractivity contribution in [2.45, 2.75) is 26.8 Å². The number of aromatic nitrogens is 2. The van der Waals surface area contributed by atoms with E-state index in [-0.39, 0.29) is 11.9 Å². The molecule has 0 bridgehead atoms. The lowest BCUT2D eigenvalue weighted by Crippen LogP contribution is -2.27. The highest BCUT2D eigenvalue weighted by Crippen LogP contribution is 2.38. The average Bonchev–Trinajstić information content (AvgIpc) is 3.02. The smallest absolute Gasteiger partial charge is 0.253 e. The van der Waals surface area contributed by atoms with Crippen molar-refractivity contribution in [3.63, 3.8) is 0 Å². The third kappa shape index (κ3) is 3.74. The predicted molar refractivity (Wildman–Crippen MR) is 114 cm³/mol. The molecule has 6 nitrogen and oxygen atoms in total. The van der Waals surface area contributed by atoms with E-state index in [1.807, 2.05) is 55.7 Å². The molecule has 0 saturated heterocycles. The second-order valence-corrected chi connectivity index (χ2v) is 7.90. The first-order valence-electron chi connectivity index (χ1n) is 9.45. The molecule has 0 aliphatic carbocycles. The fraction of sp³-hybridized carbons (Fsp3) is 0.273. The van der Waals surface area contributed by atoms with Gasteiger partial charge in [-0.1, -0.05) is 15.9 Å². The van der Waals surface area contributed by atoms with Gasteiger partial charge in [0.2, 0.25) is 0 Å². The minimum Gasteiger partial charge on any atom is -0.486 e. The number of ether oxygens (including phenoxy) is 2. The molecule has 0 saturated carbocycles. The number of pyridine rings is 1. The maximum atomic E-state index is 13.0. The van der Waals surface area contributed by atoms with Crippen LogP contribution < -0.4 is 14.8 Å². The van der Waals surface area contributed by atoms with Crippen molar-refractivity contribution in [3.8, 4) is 17.2 Å². The fourth-order valence-corrected chi connectivity index (χ4v) is 4.31. The Bertz CT molecular complexity index is 1060. The van der Waals surface area contributed by atoms with Gasteiger partial charge in [0.25, 0.3) is 5.91 Å². The molecule has 1 unspecified atom stereocenters. The largest absolute Gasteiger partial charge is 0.486 e. The van der Waals surface area contributed by atoms with Crippen LogP contribution in [-0.2, 0) is 0 Å². The lowest BCUT2D eigenvalue weighted by atomic mass is 10.1. The summed E-state index contributed by atoms with van der Waals surface area (Å²) >= 11 is 3.59. The molecule has 1 atom stereocenters. The zero-order valence-electron chi connectivity index (χ0n) is 16.5. The zero-order chi connectivity index (χ0) is 20.5. The second kappa shape index (κ2) is 7.91. The maximum Gasteiger partial charge on any atom is 0.253 e. The number of amides is 1. The number of halogens is 1. The molecule has 150 valence electrons. The molecule has 1 aliphatic heterocycles. The Morgan fingerprint density at radius 2 is 1.93 bits per heavy atom. The number of hydrogen-bond acceptors (Lipinski definition) is 4. The molecule has 7 heteroatoms. The predicted octanol–water partition coefficient (Wildman–Crippen LogP) is 4.51. The van der Waals surface area contributed by atoms with E-state index in [1.165, 1.54) is 0 Å². The Kier molecular flexibility index (Phi) is 5.32. The molecule has 3 aromatic rings. The number of carbonyl (C=O) groups is 1. The van der Waals surface area contributed by atoms with Crippen LogP contribution >= 0.6 is 15.9 Å². The number of benzene rings is 1. The van der Waals surface area contributed by atoms with Crippen molar-refractivity contribution in [2.75, 3.05) is 13.2 Å². The van der Waals surface area contributed by atoms with Crippen molar-refractivity contribution in [1.29, 1.82) is 0 Å². The summed E-state index contributed by atoms with van der Waals surface area (Å²) in [5.41, 5.74) is 4.37. The van der Waals surface area contributed by atoms with E-state index >= 15 is 0 Å². The average molecular weight is 456 g/mol. The van der Waals surface area contributed by atoms with Crippen LogP contribution in [0.1, 0.15) is 40.3 Å². The van der Waals surface area contributed by atoms with Gasteiger partial charge >= 0.3 is 0 Å². The number of hydrogen-bond donors (Lipinski definition) is 1. The number of aryl methyl sites for hydroxylation is 1. The normalized spacial score (nSPS) is 13.8. The van der Waals surface area contributed by atoms with Gasteiger partial charge < -0.3 is 19.4 Å². The van der Waals surface area contributed by atoms with Gasteiger partial charge in [-0.2, -0.15) is 0 Å². The van der Waals surface area contributed by atoms with Crippen LogP contribution in [0, 0.1) is 13.8 Å². The first-order valence-corrected chi connectivity index (χ1v) is 10.2. The molecule has 29 heavy (non-hydrogen) atoms. The number of fused-ring (bicyclic) bond motifs is 1. The van der Waals surface area contributed by atoms with E-state index in [9.17, 15) is 4.79 Å². The van der Waals surface area contributed by atoms with Gasteiger partial charge in [0.05, 0.1) is 23.5 Å². The van der Waals surface area contributed by atoms with Gasteiger partial charge in [0.1, 0.15) is 13.2 Å². The van der Waals surface area contributed by atoms with E-state index in [0.717, 1.165) is 27.1 Å². The first kappa shape index (κ1) is 19.5. The minimum absolute atomic E-state index is 0.123. The van der Waals surface area contributed by atoms with Crippen molar-refractivity contribution in [2.24, 2.45) is 0 Å². The Morgan fingerprint density at radius 1 is 1.21 bits per heavy atom. The molecule has 1 aliphatic rings. The SMILES string of the molecule is Cc1cc(C(=O)NC(C)c2cc3c(cc2Br)OCCO3)c(C)n1-c1cccnc1. The van der Waals surface area contributed by atoms with E-state index in [2.05, 4.69) is 26.2 Å². The van der Waals surface area contributed by atoms with Gasteiger partial charge in [-0.3, -0.25) is 9.78 Å². The zero-order valence-corrected chi connectivity index (χ0v) is 18.1. The summed E-state index contributed by atoms with van der Waals surface area (Å²) < 4.78 is 14.2. The molecule has 4 rings (SSSR count). The van der Waals surface area contributed by atoms with Crippen LogP contribution in [0.3, 0.4) is 0 Å². The van der Waals surface area contributed by atoms with E-state index in [1.54, 1.807) is 12.4 Å². The van der Waals surface area contributed by atoms with Crippen molar-refractivity contribution >= 4 is 21.8 Å². The van der Waals surface area contributed by atoms with Gasteiger partial charge in [-0.25, -0.2) is 0 Å². The Labute approximate surface area is 178 Å². The Morgan fingerprint density at radius 3 is 2.62 bits per heavy atom. The molecule has 2 aromatic heterocycles. The van der Waals surface area contributed by atoms with Gasteiger partial charge in [-0.05, 0) is 56.7 Å². The molecule has 0 radical (unpaired) electrons. The highest BCUT2D eigenvalue weighted by atomic mass is 79.9. The van der Waals surface area contributed by atoms with E-state index in [4.69, 9.17) is 9.47 Å². The van der Waals surface area contributed by atoms with E-state index < -0.39 is 0 Å². The van der Waals surface area contributed by atoms with Crippen LogP contribution in [0.5, 0.6) is 11.5 Å². The maximum absolute atomic E-state index is 13.0. The summed E-state index contributed by atoms with van der Waals surface area (Å²) in [6.07, 6.45) is 3.52. The van der Waals surface area contributed by atoms with Crippen LogP contribution in [0.25, 0.3) is 5.69 Å². The first-order chi connectivity index (χ1) is 14.0. The standard InChI is InChI=1S/C22H22BrN3O3/c1-13-9-18(15(3)26(13)16-5-4-6-24-12-16)22(27)25-14(2)17-10-20-21(11-19(17)23)29-8-7-28-20/h4-6,9-12,14H,7-8H2,1-3H3,(H,25,27). The van der Waals surface area contributed by atoms with Crippen molar-refractivity contribution in [1.82, 2.24) is 14.9 Å². The highest BCUT2D eigenvalue weighted by Gasteiger charge is 2.22. The lowest BCUT2D eigenvalue weighted by Gasteiger charge is -2.22. The van der Waals surface area contributed by atoms with Gasteiger partial charge in [0, 0.05) is 22.1 Å². The topological polar surface area (TPSA) is 65.4 Å². The lowest BCUT2D eigenvalue weighted by molar-refractivity contribution is 0.0939. The molecule has 1 aromatic carbocycles. The second-order valence-electron chi connectivity index (χ2n) is 7.04. The summed E-state index contributed by atoms with van der Waals surface area (Å²) in [6.45, 7) is 6.94. The van der Waals surface area contributed by atoms with Crippen LogP contribution in [0.15, 0.2) is 47.2 Å². The summed E-state index contributed by atoms with van der Waals surface area (Å²) in [7, 11) is 0. The van der Waals surface area contributed by atoms with E-state index in [0.29, 0.717) is 30.3 Å². The monoisotopic (exact) mass is 455 g/mol. The van der Waals surface area contributed by atoms with Gasteiger partial charge in [0.15, 0.2) is 11.5 Å². The Balaban J connectivity index is 1.59. The summed E-state index contributed by atoms with van der Waals surface area (Å²) in [5.74, 6) is 1.29. The quantitative estimate of drug-likeness (QED) is 0.628. The third-order valence-corrected chi connectivity index (χ3v) is 5.74. The summed E-state index contributed by atoms with van der Waals surface area (Å²) in [5, 5.41) is 3.10. The molecular weight excluding hydrogens is 434 g/mol. The number of nitrogens with one attached hydrogen (secondary N) is 1. The molecule has 1 N–H and O–H groups in total. The number of carbonyl (C=O) groups excluding carboxylic acids is 1. The fourth-order valence-electron chi connectivity index (χ4n) is 3.64. The third-order valence-electron chi connectivity index (χ3n) is 5.06. The van der Waals surface area contributed by atoms with Gasteiger partial charge in [-0.15, -0.1) is 0 Å². The Hall–Kier alpha value is -2.80. The molecule has 3 heterocycles. The molecule has 0 spiro atoms. The summed E-state index contributed by atoms with van der Waals surface area (Å²) in [4.78, 5) is 17.2. The minimum atomic E-state index is -0.214. The van der Waals surface area contributed by atoms with Crippen molar-refractivity contribution in [3.05, 3.63) is 69.7 Å². The van der Waals surface area contributed by atoms with Crippen LogP contribution in [0.4, 0.5) is 0 Å².